The molecule has 10 heteroatoms. The Hall–Kier alpha value is -1.52. The van der Waals surface area contributed by atoms with E-state index in [1.807, 2.05) is 0 Å². The van der Waals surface area contributed by atoms with Gasteiger partial charge < -0.3 is 15.5 Å². The summed E-state index contributed by atoms with van der Waals surface area (Å²) in [5.74, 6) is 0.160. The molecular formula is C24H34Cl2N4O3S. The normalized spacial score (nSPS) is 16.8. The quantitative estimate of drug-likeness (QED) is 0.277. The third-order valence-electron chi connectivity index (χ3n) is 5.95. The number of benzene rings is 2. The summed E-state index contributed by atoms with van der Waals surface area (Å²) in [7, 11) is -2.68. The van der Waals surface area contributed by atoms with Gasteiger partial charge in [0.05, 0.1) is 0 Å². The highest BCUT2D eigenvalue weighted by atomic mass is 35.5. The molecule has 3 rings (SSSR count). The minimum absolute atomic E-state index is 0.129. The van der Waals surface area contributed by atoms with Gasteiger partial charge >= 0.3 is 6.03 Å². The van der Waals surface area contributed by atoms with E-state index in [1.54, 1.807) is 18.2 Å². The van der Waals surface area contributed by atoms with Crippen molar-refractivity contribution in [2.75, 3.05) is 37.8 Å². The number of nitrogens with one attached hydrogen (secondary N) is 3. The van der Waals surface area contributed by atoms with Crippen LogP contribution < -0.4 is 15.4 Å². The van der Waals surface area contributed by atoms with E-state index in [2.05, 4.69) is 51.4 Å². The SMILES string of the molecule is Cc1ccc(C(CCN2CCC(NS(C)(O)O)CC2)CNC(=O)Nc2cc(Cl)cc(Cl)c2)cc1. The Kier molecular flexibility index (Phi) is 9.91. The molecule has 5 N–H and O–H groups in total. The van der Waals surface area contributed by atoms with Gasteiger partial charge in [0.15, 0.2) is 0 Å². The molecule has 188 valence electrons. The minimum Gasteiger partial charge on any atom is -0.337 e. The fourth-order valence-electron chi connectivity index (χ4n) is 4.17. The zero-order chi connectivity index (χ0) is 24.7. The van der Waals surface area contributed by atoms with E-state index in [0.717, 1.165) is 38.9 Å². The number of urea groups is 1. The summed E-state index contributed by atoms with van der Waals surface area (Å²) in [5.41, 5.74) is 2.93. The second-order valence-corrected chi connectivity index (χ2v) is 11.7. The molecule has 7 nitrogen and oxygen atoms in total. The topological polar surface area (TPSA) is 96.9 Å². The molecule has 1 unspecified atom stereocenters. The minimum atomic E-state index is -2.68. The standard InChI is InChI=1S/C24H34Cl2N4O3S/c1-17-3-5-18(6-4-17)19(7-10-30-11-8-22(9-12-30)29-34(2,32)33)16-27-24(31)28-23-14-20(25)13-21(26)15-23/h3-6,13-15,19,22,29,32-33H,7-12,16H2,1-2H3,(H2,27,28,31). The Morgan fingerprint density at radius 1 is 1.12 bits per heavy atom. The van der Waals surface area contributed by atoms with Gasteiger partial charge in [-0.25, -0.2) is 9.52 Å². The lowest BCUT2D eigenvalue weighted by molar-refractivity contribution is 0.199. The number of anilines is 1. The molecule has 1 aliphatic heterocycles. The van der Waals surface area contributed by atoms with Gasteiger partial charge in [0.1, 0.15) is 0 Å². The van der Waals surface area contributed by atoms with Crippen molar-refractivity contribution in [1.29, 1.82) is 0 Å². The number of nitrogens with zero attached hydrogens (tertiary/aromatic N) is 1. The van der Waals surface area contributed by atoms with Crippen molar-refractivity contribution >= 4 is 45.7 Å². The summed E-state index contributed by atoms with van der Waals surface area (Å²) < 4.78 is 22.2. The molecule has 2 aromatic carbocycles. The van der Waals surface area contributed by atoms with Gasteiger partial charge in [-0.2, -0.15) is 0 Å². The Morgan fingerprint density at radius 2 is 1.74 bits per heavy atom. The smallest absolute Gasteiger partial charge is 0.319 e. The van der Waals surface area contributed by atoms with Crippen LogP contribution in [0.2, 0.25) is 10.0 Å². The molecule has 0 spiro atoms. The highest BCUT2D eigenvalue weighted by molar-refractivity contribution is 8.22. The van der Waals surface area contributed by atoms with Crippen LogP contribution >= 0.6 is 34.0 Å². The fourth-order valence-corrected chi connectivity index (χ4v) is 5.56. The second kappa shape index (κ2) is 12.4. The zero-order valence-electron chi connectivity index (χ0n) is 19.6. The maximum absolute atomic E-state index is 12.5. The van der Waals surface area contributed by atoms with E-state index in [0.29, 0.717) is 22.3 Å². The summed E-state index contributed by atoms with van der Waals surface area (Å²) in [6.45, 7) is 5.26. The van der Waals surface area contributed by atoms with Gasteiger partial charge in [-0.3, -0.25) is 9.11 Å². The Bertz CT molecular complexity index is 928. The van der Waals surface area contributed by atoms with E-state index in [1.165, 1.54) is 17.4 Å². The summed E-state index contributed by atoms with van der Waals surface area (Å²) in [4.78, 5) is 14.9. The molecule has 2 aromatic rings. The van der Waals surface area contributed by atoms with Crippen LogP contribution in [-0.4, -0.2) is 58.5 Å². The van der Waals surface area contributed by atoms with Gasteiger partial charge in [0.2, 0.25) is 0 Å². The van der Waals surface area contributed by atoms with Crippen LogP contribution in [0.5, 0.6) is 0 Å². The lowest BCUT2D eigenvalue weighted by Crippen LogP contribution is -2.43. The number of carbonyl (C=O) groups excluding carboxylic acids is 1. The molecule has 34 heavy (non-hydrogen) atoms. The largest absolute Gasteiger partial charge is 0.337 e. The predicted molar refractivity (Wildman–Crippen MR) is 143 cm³/mol. The molecule has 0 aromatic heterocycles. The van der Waals surface area contributed by atoms with Crippen molar-refractivity contribution in [2.45, 2.75) is 38.1 Å². The Labute approximate surface area is 213 Å². The first kappa shape index (κ1) is 27.1. The van der Waals surface area contributed by atoms with Crippen molar-refractivity contribution in [3.05, 3.63) is 63.6 Å². The molecule has 1 saturated heterocycles. The number of carbonyl (C=O) groups is 1. The summed E-state index contributed by atoms with van der Waals surface area (Å²) in [6.07, 6.45) is 4.08. The van der Waals surface area contributed by atoms with Crippen LogP contribution in [0, 0.1) is 6.92 Å². The first-order valence-corrected chi connectivity index (χ1v) is 14.1. The maximum Gasteiger partial charge on any atom is 0.319 e. The maximum atomic E-state index is 12.5. The predicted octanol–water partition coefficient (Wildman–Crippen LogP) is 5.95. The molecule has 0 saturated carbocycles. The molecular weight excluding hydrogens is 495 g/mol. The highest BCUT2D eigenvalue weighted by Gasteiger charge is 2.23. The van der Waals surface area contributed by atoms with Crippen molar-refractivity contribution in [2.24, 2.45) is 0 Å². The van der Waals surface area contributed by atoms with Crippen LogP contribution in [0.4, 0.5) is 10.5 Å². The van der Waals surface area contributed by atoms with Crippen LogP contribution in [0.25, 0.3) is 0 Å². The van der Waals surface area contributed by atoms with E-state index in [4.69, 9.17) is 23.2 Å². The molecule has 1 aliphatic rings. The molecule has 1 heterocycles. The molecule has 0 radical (unpaired) electrons. The van der Waals surface area contributed by atoms with Crippen LogP contribution in [-0.2, 0) is 0 Å². The Morgan fingerprint density at radius 3 is 2.32 bits per heavy atom. The summed E-state index contributed by atoms with van der Waals surface area (Å²) >= 11 is 12.0. The summed E-state index contributed by atoms with van der Waals surface area (Å²) in [6, 6.07) is 13.2. The van der Waals surface area contributed by atoms with Gasteiger partial charge in [-0.15, -0.1) is 10.8 Å². The average molecular weight is 530 g/mol. The van der Waals surface area contributed by atoms with Gasteiger partial charge in [0, 0.05) is 40.5 Å². The number of hydrogen-bond donors (Lipinski definition) is 5. The van der Waals surface area contributed by atoms with Crippen LogP contribution in [0.15, 0.2) is 42.5 Å². The van der Waals surface area contributed by atoms with E-state index < -0.39 is 10.8 Å². The first-order chi connectivity index (χ1) is 16.1. The van der Waals surface area contributed by atoms with Crippen molar-refractivity contribution < 1.29 is 13.9 Å². The van der Waals surface area contributed by atoms with E-state index in [9.17, 15) is 13.9 Å². The van der Waals surface area contributed by atoms with Gasteiger partial charge in [-0.05, 0) is 69.6 Å². The first-order valence-electron chi connectivity index (χ1n) is 11.4. The van der Waals surface area contributed by atoms with Gasteiger partial charge in [-0.1, -0.05) is 53.0 Å². The third kappa shape index (κ3) is 9.26. The summed E-state index contributed by atoms with van der Waals surface area (Å²) in [5, 5.41) is 6.70. The Balaban J connectivity index is 1.54. The number of aryl methyl sites for hydroxylation is 1. The number of likely N-dealkylation sites (tertiary alicyclic amines) is 1. The fraction of sp³-hybridized carbons (Fsp3) is 0.458. The lowest BCUT2D eigenvalue weighted by atomic mass is 9.94. The van der Waals surface area contributed by atoms with Crippen LogP contribution in [0.1, 0.15) is 36.3 Å². The molecule has 0 bridgehead atoms. The second-order valence-electron chi connectivity index (χ2n) is 8.96. The molecule has 1 atom stereocenters. The number of halogens is 2. The van der Waals surface area contributed by atoms with Crippen molar-refractivity contribution in [3.63, 3.8) is 0 Å². The number of piperidine rings is 1. The zero-order valence-corrected chi connectivity index (χ0v) is 21.9. The van der Waals surface area contributed by atoms with E-state index >= 15 is 0 Å². The molecule has 2 amide bonds. The van der Waals surface area contributed by atoms with Crippen molar-refractivity contribution in [1.82, 2.24) is 14.9 Å². The monoisotopic (exact) mass is 528 g/mol. The lowest BCUT2D eigenvalue weighted by Gasteiger charge is -2.38. The van der Waals surface area contributed by atoms with E-state index in [-0.39, 0.29) is 18.0 Å². The van der Waals surface area contributed by atoms with Crippen LogP contribution in [0.3, 0.4) is 0 Å². The molecule has 1 fully saturated rings. The highest BCUT2D eigenvalue weighted by Crippen LogP contribution is 2.30. The average Bonchev–Trinajstić information content (AvgIpc) is 2.74. The molecule has 0 aliphatic carbocycles. The van der Waals surface area contributed by atoms with Crippen molar-refractivity contribution in [3.8, 4) is 0 Å². The number of hydrogen-bond acceptors (Lipinski definition) is 5. The number of rotatable bonds is 9. The third-order valence-corrected chi connectivity index (χ3v) is 7.17. The van der Waals surface area contributed by atoms with Gasteiger partial charge in [0.25, 0.3) is 0 Å². The number of amides is 2.